The van der Waals surface area contributed by atoms with Crippen molar-refractivity contribution in [1.29, 1.82) is 0 Å². The summed E-state index contributed by atoms with van der Waals surface area (Å²) in [4.78, 5) is 25.4. The maximum Gasteiger partial charge on any atom is 0.326 e. The molecule has 1 heterocycles. The van der Waals surface area contributed by atoms with Crippen molar-refractivity contribution in [3.63, 3.8) is 0 Å². The minimum Gasteiger partial charge on any atom is -0.480 e. The molecule has 0 bridgehead atoms. The third kappa shape index (κ3) is 4.98. The van der Waals surface area contributed by atoms with Crippen LogP contribution in [0, 0.1) is 11.8 Å². The highest BCUT2D eigenvalue weighted by atomic mass is 16.4. The molecule has 0 saturated carbocycles. The smallest absolute Gasteiger partial charge is 0.326 e. The SMILES string of the molecule is CC[C@@H](C)[C@H](NC(=O)N1CCC(Cc2ccccc2)CC1)C(=O)O. The Hall–Kier alpha value is -2.04. The largest absolute Gasteiger partial charge is 0.480 e. The number of nitrogens with zero attached hydrogens (tertiary/aromatic N) is 1. The zero-order chi connectivity index (χ0) is 17.5. The van der Waals surface area contributed by atoms with Crippen LogP contribution >= 0.6 is 0 Å². The van der Waals surface area contributed by atoms with Crippen LogP contribution in [-0.2, 0) is 11.2 Å². The number of hydrogen-bond acceptors (Lipinski definition) is 2. The molecule has 1 fully saturated rings. The first-order valence-corrected chi connectivity index (χ1v) is 8.83. The van der Waals surface area contributed by atoms with Crippen LogP contribution in [-0.4, -0.2) is 41.1 Å². The molecule has 0 spiro atoms. The van der Waals surface area contributed by atoms with Gasteiger partial charge in [-0.25, -0.2) is 9.59 Å². The van der Waals surface area contributed by atoms with Gasteiger partial charge in [0.05, 0.1) is 0 Å². The Kier molecular flexibility index (Phi) is 6.64. The molecule has 2 N–H and O–H groups in total. The zero-order valence-electron chi connectivity index (χ0n) is 14.6. The quantitative estimate of drug-likeness (QED) is 0.841. The average Bonchev–Trinajstić information content (AvgIpc) is 2.60. The molecule has 1 aromatic rings. The Morgan fingerprint density at radius 3 is 2.42 bits per heavy atom. The summed E-state index contributed by atoms with van der Waals surface area (Å²) in [5.41, 5.74) is 1.34. The van der Waals surface area contributed by atoms with E-state index in [2.05, 4.69) is 29.6 Å². The van der Waals surface area contributed by atoms with Crippen molar-refractivity contribution < 1.29 is 14.7 Å². The number of amides is 2. The van der Waals surface area contributed by atoms with E-state index in [1.165, 1.54) is 5.56 Å². The van der Waals surface area contributed by atoms with E-state index in [1.807, 2.05) is 19.9 Å². The van der Waals surface area contributed by atoms with Crippen LogP contribution in [0.15, 0.2) is 30.3 Å². The highest BCUT2D eigenvalue weighted by Crippen LogP contribution is 2.22. The molecule has 1 saturated heterocycles. The molecule has 0 radical (unpaired) electrons. The van der Waals surface area contributed by atoms with E-state index in [-0.39, 0.29) is 11.9 Å². The van der Waals surface area contributed by atoms with Gasteiger partial charge in [-0.3, -0.25) is 0 Å². The van der Waals surface area contributed by atoms with Crippen LogP contribution in [0.1, 0.15) is 38.7 Å². The molecule has 2 amide bonds. The van der Waals surface area contributed by atoms with Gasteiger partial charge in [0.15, 0.2) is 0 Å². The number of carbonyl (C=O) groups excluding carboxylic acids is 1. The Morgan fingerprint density at radius 2 is 1.88 bits per heavy atom. The number of carbonyl (C=O) groups is 2. The predicted molar refractivity (Wildman–Crippen MR) is 93.9 cm³/mol. The monoisotopic (exact) mass is 332 g/mol. The molecule has 0 aliphatic carbocycles. The number of aliphatic carboxylic acids is 1. The summed E-state index contributed by atoms with van der Waals surface area (Å²) in [7, 11) is 0. The lowest BCUT2D eigenvalue weighted by Crippen LogP contribution is -2.52. The lowest BCUT2D eigenvalue weighted by atomic mass is 9.90. The van der Waals surface area contributed by atoms with Crippen molar-refractivity contribution in [3.05, 3.63) is 35.9 Å². The van der Waals surface area contributed by atoms with Crippen LogP contribution in [0.4, 0.5) is 4.79 Å². The number of rotatable bonds is 6. The summed E-state index contributed by atoms with van der Waals surface area (Å²) in [5, 5.41) is 12.0. The topological polar surface area (TPSA) is 69.6 Å². The summed E-state index contributed by atoms with van der Waals surface area (Å²) in [5.74, 6) is -0.458. The number of nitrogens with one attached hydrogen (secondary N) is 1. The number of urea groups is 1. The first kappa shape index (κ1) is 18.3. The second-order valence-electron chi connectivity index (χ2n) is 6.77. The van der Waals surface area contributed by atoms with Gasteiger partial charge in [-0.1, -0.05) is 50.6 Å². The van der Waals surface area contributed by atoms with E-state index in [4.69, 9.17) is 0 Å². The number of hydrogen-bond donors (Lipinski definition) is 2. The summed E-state index contributed by atoms with van der Waals surface area (Å²) in [6.07, 6.45) is 3.68. The molecule has 1 aromatic carbocycles. The molecular weight excluding hydrogens is 304 g/mol. The molecular formula is C19H28N2O3. The van der Waals surface area contributed by atoms with Gasteiger partial charge in [0.2, 0.25) is 0 Å². The molecule has 1 aliphatic rings. The Morgan fingerprint density at radius 1 is 1.25 bits per heavy atom. The number of piperidine rings is 1. The fourth-order valence-corrected chi connectivity index (χ4v) is 3.20. The number of carboxylic acid groups (broad SMARTS) is 1. The summed E-state index contributed by atoms with van der Waals surface area (Å²) >= 11 is 0. The van der Waals surface area contributed by atoms with E-state index >= 15 is 0 Å². The first-order chi connectivity index (χ1) is 11.5. The third-order valence-corrected chi connectivity index (χ3v) is 5.03. The molecule has 1 aliphatic heterocycles. The second kappa shape index (κ2) is 8.71. The minimum absolute atomic E-state index is 0.0814. The predicted octanol–water partition coefficient (Wildman–Crippen LogP) is 3.15. The molecule has 5 heteroatoms. The molecule has 2 atom stereocenters. The average molecular weight is 332 g/mol. The Bertz CT molecular complexity index is 539. The number of likely N-dealkylation sites (tertiary alicyclic amines) is 1. The van der Waals surface area contributed by atoms with Crippen LogP contribution in [0.5, 0.6) is 0 Å². The maximum absolute atomic E-state index is 12.3. The third-order valence-electron chi connectivity index (χ3n) is 5.03. The summed E-state index contributed by atoms with van der Waals surface area (Å²) in [6.45, 7) is 5.17. The lowest BCUT2D eigenvalue weighted by Gasteiger charge is -2.33. The number of benzene rings is 1. The first-order valence-electron chi connectivity index (χ1n) is 8.83. The maximum atomic E-state index is 12.3. The van der Waals surface area contributed by atoms with Crippen LogP contribution in [0.25, 0.3) is 0 Å². The van der Waals surface area contributed by atoms with Crippen molar-refractivity contribution in [2.24, 2.45) is 11.8 Å². The molecule has 132 valence electrons. The lowest BCUT2D eigenvalue weighted by molar-refractivity contribution is -0.140. The van der Waals surface area contributed by atoms with Gasteiger partial charge in [0.25, 0.3) is 0 Å². The van der Waals surface area contributed by atoms with E-state index in [1.54, 1.807) is 4.90 Å². The van der Waals surface area contributed by atoms with Gasteiger partial charge in [0, 0.05) is 13.1 Å². The van der Waals surface area contributed by atoms with E-state index in [0.29, 0.717) is 19.0 Å². The number of carboxylic acids is 1. The van der Waals surface area contributed by atoms with Crippen molar-refractivity contribution in [2.45, 2.75) is 45.6 Å². The van der Waals surface area contributed by atoms with Gasteiger partial charge in [-0.15, -0.1) is 0 Å². The van der Waals surface area contributed by atoms with Crippen molar-refractivity contribution in [3.8, 4) is 0 Å². The molecule has 24 heavy (non-hydrogen) atoms. The van der Waals surface area contributed by atoms with Crippen LogP contribution < -0.4 is 5.32 Å². The Balaban J connectivity index is 1.82. The highest BCUT2D eigenvalue weighted by molar-refractivity contribution is 5.82. The van der Waals surface area contributed by atoms with Gasteiger partial charge >= 0.3 is 12.0 Å². The van der Waals surface area contributed by atoms with Gasteiger partial charge in [-0.2, -0.15) is 0 Å². The minimum atomic E-state index is -0.961. The van der Waals surface area contributed by atoms with Crippen molar-refractivity contribution >= 4 is 12.0 Å². The van der Waals surface area contributed by atoms with E-state index < -0.39 is 12.0 Å². The summed E-state index contributed by atoms with van der Waals surface area (Å²) < 4.78 is 0. The normalized spacial score (nSPS) is 18.0. The fourth-order valence-electron chi connectivity index (χ4n) is 3.20. The zero-order valence-corrected chi connectivity index (χ0v) is 14.6. The highest BCUT2D eigenvalue weighted by Gasteiger charge is 2.29. The van der Waals surface area contributed by atoms with Gasteiger partial charge in [0.1, 0.15) is 6.04 Å². The standard InChI is InChI=1S/C19H28N2O3/c1-3-14(2)17(18(22)23)20-19(24)21-11-9-16(10-12-21)13-15-7-5-4-6-8-15/h4-8,14,16-17H,3,9-13H2,1-2H3,(H,20,24)(H,22,23)/t14-,17+/m1/s1. The molecule has 0 aromatic heterocycles. The van der Waals surface area contributed by atoms with Crippen LogP contribution in [0.2, 0.25) is 0 Å². The molecule has 2 rings (SSSR count). The van der Waals surface area contributed by atoms with Crippen molar-refractivity contribution in [2.75, 3.05) is 13.1 Å². The summed E-state index contributed by atoms with van der Waals surface area (Å²) in [6, 6.07) is 9.35. The molecule has 0 unspecified atom stereocenters. The second-order valence-corrected chi connectivity index (χ2v) is 6.77. The van der Waals surface area contributed by atoms with E-state index in [0.717, 1.165) is 25.7 Å². The Labute approximate surface area is 144 Å². The fraction of sp³-hybridized carbons (Fsp3) is 0.579. The van der Waals surface area contributed by atoms with Gasteiger partial charge < -0.3 is 15.3 Å². The van der Waals surface area contributed by atoms with E-state index in [9.17, 15) is 14.7 Å². The van der Waals surface area contributed by atoms with Crippen LogP contribution in [0.3, 0.4) is 0 Å². The molecule has 5 nitrogen and oxygen atoms in total. The van der Waals surface area contributed by atoms with Gasteiger partial charge in [-0.05, 0) is 36.7 Å². The van der Waals surface area contributed by atoms with Crippen molar-refractivity contribution in [1.82, 2.24) is 10.2 Å².